The fourth-order valence-electron chi connectivity index (χ4n) is 1.49. The number of rotatable bonds is 2. The molecule has 2 aromatic rings. The summed E-state index contributed by atoms with van der Waals surface area (Å²) in [6, 6.07) is 4.62. The lowest BCUT2D eigenvalue weighted by Gasteiger charge is -2.12. The quantitative estimate of drug-likeness (QED) is 0.571. The third kappa shape index (κ3) is 3.55. The molecule has 10 heteroatoms. The van der Waals surface area contributed by atoms with Gasteiger partial charge in [0.15, 0.2) is 5.82 Å². The maximum atomic E-state index is 11.5. The van der Waals surface area contributed by atoms with Gasteiger partial charge in [-0.2, -0.15) is 0 Å². The van der Waals surface area contributed by atoms with Gasteiger partial charge in [0.05, 0.1) is 17.8 Å². The Labute approximate surface area is 144 Å². The standard InChI is InChI=1S/C11H6Cl5N3O2/c1-21-9(20)8-17-10(11(14,15)16)19(18-8)7-3-2-5(12)4-6(7)13/h2-4H,1H3. The summed E-state index contributed by atoms with van der Waals surface area (Å²) in [5.41, 5.74) is 0.352. The molecule has 0 fully saturated rings. The Hall–Kier alpha value is -0.720. The van der Waals surface area contributed by atoms with Crippen molar-refractivity contribution < 1.29 is 9.53 Å². The predicted octanol–water partition coefficient (Wildman–Crippen LogP) is 4.19. The van der Waals surface area contributed by atoms with Crippen molar-refractivity contribution in [2.75, 3.05) is 7.11 Å². The van der Waals surface area contributed by atoms with Gasteiger partial charge in [0.25, 0.3) is 5.82 Å². The second kappa shape index (κ2) is 6.18. The highest BCUT2D eigenvalue weighted by atomic mass is 35.6. The molecule has 5 nitrogen and oxygen atoms in total. The third-order valence-electron chi connectivity index (χ3n) is 2.37. The van der Waals surface area contributed by atoms with Crippen molar-refractivity contribution in [3.05, 3.63) is 39.9 Å². The number of methoxy groups -OCH3 is 1. The monoisotopic (exact) mass is 387 g/mol. The number of ether oxygens (including phenoxy) is 1. The number of aromatic nitrogens is 3. The van der Waals surface area contributed by atoms with E-state index in [1.54, 1.807) is 12.1 Å². The molecule has 0 N–H and O–H groups in total. The van der Waals surface area contributed by atoms with E-state index in [4.69, 9.17) is 58.0 Å². The van der Waals surface area contributed by atoms with Gasteiger partial charge in [-0.15, -0.1) is 5.10 Å². The number of hydrogen-bond donors (Lipinski definition) is 0. The van der Waals surface area contributed by atoms with E-state index in [1.807, 2.05) is 0 Å². The fourth-order valence-corrected chi connectivity index (χ4v) is 2.35. The van der Waals surface area contributed by atoms with Crippen molar-refractivity contribution in [2.24, 2.45) is 0 Å². The number of benzene rings is 1. The highest BCUT2D eigenvalue weighted by Crippen LogP contribution is 2.39. The van der Waals surface area contributed by atoms with Gasteiger partial charge in [0.2, 0.25) is 3.79 Å². The number of alkyl halides is 3. The molecule has 0 bridgehead atoms. The zero-order valence-corrected chi connectivity index (χ0v) is 14.1. The summed E-state index contributed by atoms with van der Waals surface area (Å²) in [5, 5.41) is 4.63. The Balaban J connectivity index is 2.66. The Kier molecular flexibility index (Phi) is 4.90. The van der Waals surface area contributed by atoms with Gasteiger partial charge in [-0.25, -0.2) is 14.5 Å². The Morgan fingerprint density at radius 3 is 2.48 bits per heavy atom. The average Bonchev–Trinajstić information content (AvgIpc) is 2.82. The molecular weight excluding hydrogens is 383 g/mol. The van der Waals surface area contributed by atoms with Crippen LogP contribution in [-0.2, 0) is 8.53 Å². The molecule has 0 aliphatic carbocycles. The van der Waals surface area contributed by atoms with E-state index >= 15 is 0 Å². The van der Waals surface area contributed by atoms with E-state index in [9.17, 15) is 4.79 Å². The molecule has 0 aliphatic heterocycles. The number of carbonyl (C=O) groups excluding carboxylic acids is 1. The molecule has 1 aromatic carbocycles. The summed E-state index contributed by atoms with van der Waals surface area (Å²) >= 11 is 29.5. The molecule has 0 atom stereocenters. The Morgan fingerprint density at radius 2 is 1.95 bits per heavy atom. The van der Waals surface area contributed by atoms with Gasteiger partial charge >= 0.3 is 5.97 Å². The summed E-state index contributed by atoms with van der Waals surface area (Å²) in [7, 11) is 1.19. The molecule has 0 amide bonds. The second-order valence-corrected chi connectivity index (χ2v) is 6.88. The number of esters is 1. The summed E-state index contributed by atoms with van der Waals surface area (Å²) in [6.07, 6.45) is 0. The maximum Gasteiger partial charge on any atom is 0.377 e. The fraction of sp³-hybridized carbons (Fsp3) is 0.182. The maximum absolute atomic E-state index is 11.5. The van der Waals surface area contributed by atoms with Gasteiger partial charge in [0.1, 0.15) is 0 Å². The number of carbonyl (C=O) groups is 1. The normalized spacial score (nSPS) is 11.5. The molecule has 0 saturated heterocycles. The summed E-state index contributed by atoms with van der Waals surface area (Å²) in [4.78, 5) is 15.4. The first-order valence-corrected chi connectivity index (χ1v) is 7.21. The van der Waals surface area contributed by atoms with Gasteiger partial charge in [-0.05, 0) is 18.2 Å². The minimum absolute atomic E-state index is 0.0999. The van der Waals surface area contributed by atoms with Crippen LogP contribution < -0.4 is 0 Å². The zero-order valence-electron chi connectivity index (χ0n) is 10.3. The molecule has 0 aliphatic rings. The number of halogens is 5. The molecule has 0 radical (unpaired) electrons. The second-order valence-electron chi connectivity index (χ2n) is 3.76. The van der Waals surface area contributed by atoms with Crippen LogP contribution in [0.4, 0.5) is 0 Å². The summed E-state index contributed by atoms with van der Waals surface area (Å²) < 4.78 is 3.78. The van der Waals surface area contributed by atoms with Crippen LogP contribution in [0.1, 0.15) is 16.4 Å². The van der Waals surface area contributed by atoms with E-state index in [0.29, 0.717) is 10.7 Å². The molecule has 1 aromatic heterocycles. The first-order chi connectivity index (χ1) is 9.74. The van der Waals surface area contributed by atoms with Crippen LogP contribution in [0.2, 0.25) is 10.0 Å². The smallest absolute Gasteiger partial charge is 0.377 e. The van der Waals surface area contributed by atoms with Crippen molar-refractivity contribution in [2.45, 2.75) is 3.79 Å². The van der Waals surface area contributed by atoms with Crippen molar-refractivity contribution in [1.29, 1.82) is 0 Å². The van der Waals surface area contributed by atoms with E-state index in [-0.39, 0.29) is 16.7 Å². The molecule has 2 rings (SSSR count). The van der Waals surface area contributed by atoms with Crippen LogP contribution in [0.3, 0.4) is 0 Å². The van der Waals surface area contributed by atoms with Gasteiger partial charge in [-0.3, -0.25) is 0 Å². The SMILES string of the molecule is COC(=O)c1nc(C(Cl)(Cl)Cl)n(-c2ccc(Cl)cc2Cl)n1. The predicted molar refractivity (Wildman–Crippen MR) is 82.0 cm³/mol. The number of nitrogens with zero attached hydrogens (tertiary/aromatic N) is 3. The van der Waals surface area contributed by atoms with E-state index in [2.05, 4.69) is 14.8 Å². The average molecular weight is 389 g/mol. The lowest BCUT2D eigenvalue weighted by atomic mass is 10.3. The molecule has 1 heterocycles. The molecule has 21 heavy (non-hydrogen) atoms. The van der Waals surface area contributed by atoms with Crippen molar-refractivity contribution >= 4 is 64.0 Å². The topological polar surface area (TPSA) is 57.0 Å². The lowest BCUT2D eigenvalue weighted by Crippen LogP contribution is -2.12. The summed E-state index contributed by atoms with van der Waals surface area (Å²) in [5.74, 6) is -1.13. The van der Waals surface area contributed by atoms with Crippen LogP contribution in [0.15, 0.2) is 18.2 Å². The van der Waals surface area contributed by atoms with Crippen molar-refractivity contribution in [1.82, 2.24) is 14.8 Å². The number of hydrogen-bond acceptors (Lipinski definition) is 4. The van der Waals surface area contributed by atoms with Crippen LogP contribution in [0.25, 0.3) is 5.69 Å². The van der Waals surface area contributed by atoms with Gasteiger partial charge in [-0.1, -0.05) is 58.0 Å². The highest BCUT2D eigenvalue weighted by Gasteiger charge is 2.33. The minimum Gasteiger partial charge on any atom is -0.463 e. The first-order valence-electron chi connectivity index (χ1n) is 5.32. The van der Waals surface area contributed by atoms with Gasteiger partial charge in [0, 0.05) is 5.02 Å². The van der Waals surface area contributed by atoms with Crippen LogP contribution in [0, 0.1) is 0 Å². The molecule has 0 spiro atoms. The largest absolute Gasteiger partial charge is 0.463 e. The Bertz CT molecular complexity index is 696. The lowest BCUT2D eigenvalue weighted by molar-refractivity contribution is 0.0587. The molecule has 0 unspecified atom stereocenters. The van der Waals surface area contributed by atoms with E-state index in [0.717, 1.165) is 4.68 Å². The van der Waals surface area contributed by atoms with E-state index < -0.39 is 9.76 Å². The molecule has 112 valence electrons. The van der Waals surface area contributed by atoms with Crippen LogP contribution in [0.5, 0.6) is 0 Å². The van der Waals surface area contributed by atoms with Crippen LogP contribution in [-0.4, -0.2) is 27.8 Å². The minimum atomic E-state index is -1.91. The highest BCUT2D eigenvalue weighted by molar-refractivity contribution is 6.66. The third-order valence-corrected chi connectivity index (χ3v) is 3.41. The van der Waals surface area contributed by atoms with E-state index in [1.165, 1.54) is 13.2 Å². The Morgan fingerprint density at radius 1 is 1.29 bits per heavy atom. The summed E-state index contributed by atoms with van der Waals surface area (Å²) in [6.45, 7) is 0. The van der Waals surface area contributed by atoms with Crippen LogP contribution >= 0.6 is 58.0 Å². The van der Waals surface area contributed by atoms with Crippen molar-refractivity contribution in [3.8, 4) is 5.69 Å². The first kappa shape index (κ1) is 16.6. The van der Waals surface area contributed by atoms with Gasteiger partial charge < -0.3 is 4.74 Å². The zero-order chi connectivity index (χ0) is 15.8. The van der Waals surface area contributed by atoms with Crippen molar-refractivity contribution in [3.63, 3.8) is 0 Å². The molecular formula is C11H6Cl5N3O2. The molecule has 0 saturated carbocycles.